The van der Waals surface area contributed by atoms with Crippen LogP contribution in [0, 0.1) is 13.8 Å². The molecule has 2 nitrogen and oxygen atoms in total. The van der Waals surface area contributed by atoms with Gasteiger partial charge in [-0.3, -0.25) is 4.99 Å². The molecule has 5 aromatic rings. The molecule has 0 saturated carbocycles. The van der Waals surface area contributed by atoms with Gasteiger partial charge in [0.25, 0.3) is 0 Å². The summed E-state index contributed by atoms with van der Waals surface area (Å²) in [5.41, 5.74) is 7.88. The molecule has 41 heavy (non-hydrogen) atoms. The molecule has 0 bridgehead atoms. The first-order valence-electron chi connectivity index (χ1n) is 13.7. The molecular formula is C35H32Cl2FeN2P+. The summed E-state index contributed by atoms with van der Waals surface area (Å²) >= 11 is 0.194. The van der Waals surface area contributed by atoms with Crippen LogP contribution in [0.3, 0.4) is 0 Å². The van der Waals surface area contributed by atoms with Gasteiger partial charge in [0.15, 0.2) is 0 Å². The van der Waals surface area contributed by atoms with Crippen molar-refractivity contribution in [3.63, 3.8) is 0 Å². The van der Waals surface area contributed by atoms with Crippen LogP contribution in [0.5, 0.6) is 0 Å². The zero-order chi connectivity index (χ0) is 28.6. The number of hydrogen-bond acceptors (Lipinski definition) is 2. The molecule has 1 aliphatic rings. The van der Waals surface area contributed by atoms with E-state index in [0.29, 0.717) is 0 Å². The third kappa shape index (κ3) is 6.83. The van der Waals surface area contributed by atoms with E-state index < -0.39 is 7.92 Å². The molecular weight excluding hydrogens is 606 g/mol. The summed E-state index contributed by atoms with van der Waals surface area (Å²) in [5.74, 6) is 0. The van der Waals surface area contributed by atoms with Gasteiger partial charge in [-0.2, -0.15) is 0 Å². The van der Waals surface area contributed by atoms with Crippen LogP contribution in [-0.2, 0) is 13.1 Å². The minimum absolute atomic E-state index is 0.194. The van der Waals surface area contributed by atoms with Crippen LogP contribution < -0.4 is 10.6 Å². The van der Waals surface area contributed by atoms with Crippen LogP contribution in [0.1, 0.15) is 28.7 Å². The summed E-state index contributed by atoms with van der Waals surface area (Å²) in [6.07, 6.45) is 2.20. The first-order valence-corrected chi connectivity index (χ1v) is 18.4. The summed E-state index contributed by atoms with van der Waals surface area (Å²) in [5, 5.41) is 5.45. The fourth-order valence-corrected chi connectivity index (χ4v) is 8.15. The first kappa shape index (κ1) is 29.7. The van der Waals surface area contributed by atoms with E-state index >= 15 is 0 Å². The Kier molecular flexibility index (Phi) is 10.4. The van der Waals surface area contributed by atoms with E-state index in [-0.39, 0.29) is 13.1 Å². The van der Waals surface area contributed by atoms with E-state index in [1.54, 1.807) is 0 Å². The molecule has 0 saturated heterocycles. The third-order valence-corrected chi connectivity index (χ3v) is 10.3. The molecule has 0 aliphatic heterocycles. The predicted octanol–water partition coefficient (Wildman–Crippen LogP) is 9.01. The van der Waals surface area contributed by atoms with Gasteiger partial charge in [-0.1, -0.05) is 91.0 Å². The van der Waals surface area contributed by atoms with Gasteiger partial charge in [-0.05, 0) is 54.6 Å². The zero-order valence-corrected chi connectivity index (χ0v) is 26.7. The molecule has 1 aliphatic carbocycles. The second-order valence-electron chi connectivity index (χ2n) is 10.0. The van der Waals surface area contributed by atoms with E-state index in [0.717, 1.165) is 36.2 Å². The van der Waals surface area contributed by atoms with E-state index in [9.17, 15) is 0 Å². The summed E-state index contributed by atoms with van der Waals surface area (Å²) < 4.78 is 0. The number of halogens is 2. The Morgan fingerprint density at radius 3 is 1.71 bits per heavy atom. The van der Waals surface area contributed by atoms with E-state index in [4.69, 9.17) is 30.2 Å². The SMILES string of the molecule is Cc1cccc(C)c1N=C1C(=NCCC[PH+](c2ccccc2)c2ccccc2)c2cccc3cccc1c23.[Cl][Fe][Cl]. The fourth-order valence-electron chi connectivity index (χ4n) is 5.54. The second-order valence-corrected chi connectivity index (χ2v) is 14.4. The number of hydrogen-bond donors (Lipinski definition) is 0. The Bertz CT molecular complexity index is 1620. The Morgan fingerprint density at radius 2 is 1.15 bits per heavy atom. The molecule has 0 heterocycles. The third-order valence-electron chi connectivity index (χ3n) is 7.40. The zero-order valence-electron chi connectivity index (χ0n) is 23.1. The molecule has 0 radical (unpaired) electrons. The number of benzene rings is 5. The van der Waals surface area contributed by atoms with Crippen molar-refractivity contribution < 1.29 is 13.1 Å². The molecule has 0 unspecified atom stereocenters. The molecule has 0 N–H and O–H groups in total. The Morgan fingerprint density at radius 1 is 0.634 bits per heavy atom. The van der Waals surface area contributed by atoms with E-state index in [1.807, 2.05) is 0 Å². The van der Waals surface area contributed by atoms with Gasteiger partial charge >= 0.3 is 33.3 Å². The number of rotatable bonds is 7. The quantitative estimate of drug-likeness (QED) is 0.0966. The van der Waals surface area contributed by atoms with Gasteiger partial charge in [-0.15, -0.1) is 0 Å². The van der Waals surface area contributed by atoms with Crippen molar-refractivity contribution in [3.8, 4) is 0 Å². The Balaban J connectivity index is 0.00000108. The van der Waals surface area contributed by atoms with Crippen LogP contribution in [0.25, 0.3) is 10.8 Å². The van der Waals surface area contributed by atoms with Crippen molar-refractivity contribution >= 4 is 66.6 Å². The predicted molar refractivity (Wildman–Crippen MR) is 179 cm³/mol. The number of aryl methyl sites for hydroxylation is 2. The molecule has 0 amide bonds. The molecule has 0 fully saturated rings. The fraction of sp³-hybridized carbons (Fsp3) is 0.143. The average Bonchev–Trinajstić information content (AvgIpc) is 3.30. The minimum atomic E-state index is -0.860. The summed E-state index contributed by atoms with van der Waals surface area (Å²) in [4.78, 5) is 10.5. The summed E-state index contributed by atoms with van der Waals surface area (Å²) in [6, 6.07) is 41.5. The van der Waals surface area contributed by atoms with Crippen LogP contribution in [0.2, 0.25) is 0 Å². The van der Waals surface area contributed by atoms with Crippen LogP contribution in [-0.4, -0.2) is 24.1 Å². The normalized spacial score (nSPS) is 14.2. The number of nitrogens with zero attached hydrogens (tertiary/aromatic N) is 2. The standard InChI is InChI=1S/C35H31N2P.2ClH.Fe/c1-25-13-9-14-26(2)33(25)37-35-31-22-11-16-27-15-10-21-30(32(27)31)34(35)36-23-12-24-38(28-17-5-3-6-18-28)29-19-7-4-8-20-29;;;/h3-11,13-22H,12,23-24H2,1-2H3;2*1H;/q;;;+2/p-1. The van der Waals surface area contributed by atoms with Gasteiger partial charge < -0.3 is 0 Å². The Labute approximate surface area is 258 Å². The first-order chi connectivity index (χ1) is 20.1. The van der Waals surface area contributed by atoms with Crippen LogP contribution in [0.15, 0.2) is 125 Å². The van der Waals surface area contributed by atoms with Gasteiger partial charge in [0, 0.05) is 29.5 Å². The number of para-hydroxylation sites is 1. The van der Waals surface area contributed by atoms with Crippen molar-refractivity contribution in [2.24, 2.45) is 9.98 Å². The van der Waals surface area contributed by atoms with Crippen molar-refractivity contribution in [3.05, 3.63) is 138 Å². The molecule has 6 heteroatoms. The van der Waals surface area contributed by atoms with Crippen molar-refractivity contribution in [2.45, 2.75) is 20.3 Å². The topological polar surface area (TPSA) is 24.7 Å². The van der Waals surface area contributed by atoms with Crippen molar-refractivity contribution in [2.75, 3.05) is 12.7 Å². The number of aliphatic imine (C=N–C) groups is 2. The molecule has 0 atom stereocenters. The van der Waals surface area contributed by atoms with Crippen LogP contribution in [0.4, 0.5) is 5.69 Å². The van der Waals surface area contributed by atoms with Crippen molar-refractivity contribution in [1.82, 2.24) is 0 Å². The van der Waals surface area contributed by atoms with Gasteiger partial charge in [0.1, 0.15) is 0 Å². The average molecular weight is 638 g/mol. The van der Waals surface area contributed by atoms with Gasteiger partial charge in [0.05, 0.1) is 41.8 Å². The van der Waals surface area contributed by atoms with E-state index in [1.165, 1.54) is 43.6 Å². The second kappa shape index (κ2) is 14.4. The molecule has 0 spiro atoms. The molecule has 0 aromatic heterocycles. The van der Waals surface area contributed by atoms with Crippen LogP contribution >= 0.6 is 28.1 Å². The summed E-state index contributed by atoms with van der Waals surface area (Å²) in [6.45, 7) is 5.07. The molecule has 5 aromatic carbocycles. The monoisotopic (exact) mass is 637 g/mol. The van der Waals surface area contributed by atoms with Gasteiger partial charge in [-0.25, -0.2) is 4.99 Å². The Hall–Kier alpha value is -2.77. The van der Waals surface area contributed by atoms with E-state index in [2.05, 4.69) is 129 Å². The molecule has 6 rings (SSSR count). The molecule has 208 valence electrons. The van der Waals surface area contributed by atoms with Crippen molar-refractivity contribution in [1.29, 1.82) is 0 Å². The maximum absolute atomic E-state index is 5.28. The maximum atomic E-state index is 5.28. The summed E-state index contributed by atoms with van der Waals surface area (Å²) in [7, 11) is 8.67. The van der Waals surface area contributed by atoms with Gasteiger partial charge in [0.2, 0.25) is 0 Å².